The van der Waals surface area contributed by atoms with Gasteiger partial charge in [-0.1, -0.05) is 30.9 Å². The van der Waals surface area contributed by atoms with Gasteiger partial charge in [-0.15, -0.1) is 11.8 Å². The third kappa shape index (κ3) is 5.59. The van der Waals surface area contributed by atoms with Gasteiger partial charge in [-0.3, -0.25) is 4.79 Å². The van der Waals surface area contributed by atoms with Crippen LogP contribution in [0.15, 0.2) is 84.1 Å². The van der Waals surface area contributed by atoms with E-state index in [-0.39, 0.29) is 17.5 Å². The van der Waals surface area contributed by atoms with Gasteiger partial charge in [0.2, 0.25) is 0 Å². The van der Waals surface area contributed by atoms with Crippen LogP contribution in [0.5, 0.6) is 0 Å². The van der Waals surface area contributed by atoms with Gasteiger partial charge < -0.3 is 11.1 Å². The molecule has 138 valence electrons. The lowest BCUT2D eigenvalue weighted by molar-refractivity contribution is 0.0965. The fraction of sp³-hybridized carbons (Fsp3) is 0.136. The Bertz CT molecular complexity index is 882. The number of benzene rings is 2. The number of carbonyl (C=O) groups excluding carboxylic acids is 1. The van der Waals surface area contributed by atoms with Gasteiger partial charge in [0.05, 0.1) is 0 Å². The predicted octanol–water partition coefficient (Wildman–Crippen LogP) is 4.88. The molecule has 1 amide bonds. The van der Waals surface area contributed by atoms with Crippen molar-refractivity contribution < 1.29 is 9.18 Å². The minimum absolute atomic E-state index is 0.203. The molecule has 0 heterocycles. The van der Waals surface area contributed by atoms with E-state index in [0.29, 0.717) is 5.56 Å². The van der Waals surface area contributed by atoms with E-state index in [9.17, 15) is 9.18 Å². The van der Waals surface area contributed by atoms with E-state index in [2.05, 4.69) is 11.9 Å². The Labute approximate surface area is 162 Å². The molecule has 0 spiro atoms. The number of amides is 1. The first kappa shape index (κ1) is 19.0. The fourth-order valence-corrected chi connectivity index (χ4v) is 3.52. The molecule has 2 aromatic carbocycles. The van der Waals surface area contributed by atoms with Crippen molar-refractivity contribution in [2.24, 2.45) is 5.73 Å². The summed E-state index contributed by atoms with van der Waals surface area (Å²) in [6.07, 6.45) is 7.52. The van der Waals surface area contributed by atoms with E-state index in [1.54, 1.807) is 42.5 Å². The van der Waals surface area contributed by atoms with Gasteiger partial charge in [-0.05, 0) is 66.5 Å². The molecule has 0 atom stereocenters. The minimum atomic E-state index is -0.315. The highest BCUT2D eigenvalue weighted by Crippen LogP contribution is 2.38. The Morgan fingerprint density at radius 1 is 1.11 bits per heavy atom. The Morgan fingerprint density at radius 2 is 1.74 bits per heavy atom. The van der Waals surface area contributed by atoms with Crippen LogP contribution in [0.3, 0.4) is 0 Å². The zero-order valence-electron chi connectivity index (χ0n) is 14.8. The highest BCUT2D eigenvalue weighted by Gasteiger charge is 2.22. The van der Waals surface area contributed by atoms with E-state index in [0.717, 1.165) is 16.4 Å². The van der Waals surface area contributed by atoms with Gasteiger partial charge in [0, 0.05) is 15.7 Å². The predicted molar refractivity (Wildman–Crippen MR) is 110 cm³/mol. The monoisotopic (exact) mass is 380 g/mol. The first-order valence-corrected chi connectivity index (χ1v) is 9.57. The maximum atomic E-state index is 13.1. The lowest BCUT2D eigenvalue weighted by Crippen LogP contribution is -2.27. The van der Waals surface area contributed by atoms with Gasteiger partial charge in [0.15, 0.2) is 0 Å². The molecule has 1 saturated carbocycles. The summed E-state index contributed by atoms with van der Waals surface area (Å²) in [6.45, 7) is 3.68. The summed E-state index contributed by atoms with van der Waals surface area (Å²) in [6, 6.07) is 13.5. The summed E-state index contributed by atoms with van der Waals surface area (Å²) >= 11 is 1.85. The molecule has 3 rings (SSSR count). The number of allylic oxidation sites excluding steroid dienone is 4. The quantitative estimate of drug-likeness (QED) is 0.673. The molecule has 1 aliphatic carbocycles. The lowest BCUT2D eigenvalue weighted by Gasteiger charge is -2.08. The number of rotatable bonds is 7. The van der Waals surface area contributed by atoms with Crippen LogP contribution >= 0.6 is 11.8 Å². The van der Waals surface area contributed by atoms with Crippen LogP contribution in [0.25, 0.3) is 5.57 Å². The molecular formula is C22H21FN2OS. The standard InChI is InChI=1S/C22H21FN2OS/c1-2-3-17(15-4-8-18(23)9-5-15)14-21(24)25-22(26)16-6-10-19(11-7-16)27-20-12-13-20/h2-11,14,20H,1,12-13,24H2,(H,25,26)/b17-3+,21-14+. The topological polar surface area (TPSA) is 55.1 Å². The zero-order valence-corrected chi connectivity index (χ0v) is 15.6. The average molecular weight is 380 g/mol. The fourth-order valence-electron chi connectivity index (χ4n) is 2.47. The number of thioether (sulfide) groups is 1. The Balaban J connectivity index is 1.68. The van der Waals surface area contributed by atoms with Crippen LogP contribution in [-0.2, 0) is 0 Å². The highest BCUT2D eigenvalue weighted by atomic mass is 32.2. The van der Waals surface area contributed by atoms with E-state index in [1.165, 1.54) is 29.9 Å². The molecule has 0 aromatic heterocycles. The van der Waals surface area contributed by atoms with Crippen LogP contribution in [0, 0.1) is 5.82 Å². The van der Waals surface area contributed by atoms with Crippen LogP contribution in [0.1, 0.15) is 28.8 Å². The second-order valence-corrected chi connectivity index (χ2v) is 7.63. The van der Waals surface area contributed by atoms with Gasteiger partial charge in [0.25, 0.3) is 5.91 Å². The number of halogens is 1. The summed E-state index contributed by atoms with van der Waals surface area (Å²) in [7, 11) is 0. The second kappa shape index (κ2) is 8.73. The van der Waals surface area contributed by atoms with Crippen molar-refractivity contribution in [3.8, 4) is 0 Å². The first-order chi connectivity index (χ1) is 13.0. The Kier molecular flexibility index (Phi) is 6.14. The van der Waals surface area contributed by atoms with Crippen LogP contribution in [-0.4, -0.2) is 11.2 Å². The van der Waals surface area contributed by atoms with Crippen molar-refractivity contribution in [3.05, 3.63) is 96.1 Å². The third-order valence-corrected chi connectivity index (χ3v) is 5.34. The molecule has 0 radical (unpaired) electrons. The molecule has 1 aliphatic rings. The van der Waals surface area contributed by atoms with Gasteiger partial charge in [-0.2, -0.15) is 0 Å². The molecule has 3 nitrogen and oxygen atoms in total. The van der Waals surface area contributed by atoms with Crippen LogP contribution < -0.4 is 11.1 Å². The van der Waals surface area contributed by atoms with E-state index in [1.807, 2.05) is 23.9 Å². The lowest BCUT2D eigenvalue weighted by atomic mass is 10.0. The average Bonchev–Trinajstić information content (AvgIpc) is 3.46. The van der Waals surface area contributed by atoms with Crippen LogP contribution in [0.4, 0.5) is 4.39 Å². The van der Waals surface area contributed by atoms with E-state index < -0.39 is 0 Å². The number of nitrogens with two attached hydrogens (primary N) is 1. The molecule has 27 heavy (non-hydrogen) atoms. The molecule has 0 bridgehead atoms. The van der Waals surface area contributed by atoms with Gasteiger partial charge in [-0.25, -0.2) is 4.39 Å². The van der Waals surface area contributed by atoms with Crippen molar-refractivity contribution in [2.75, 3.05) is 0 Å². The van der Waals surface area contributed by atoms with E-state index in [4.69, 9.17) is 5.73 Å². The van der Waals surface area contributed by atoms with Gasteiger partial charge in [0.1, 0.15) is 11.6 Å². The maximum Gasteiger partial charge on any atom is 0.256 e. The summed E-state index contributed by atoms with van der Waals surface area (Å²) in [5, 5.41) is 3.41. The van der Waals surface area contributed by atoms with Crippen molar-refractivity contribution in [1.29, 1.82) is 0 Å². The molecule has 0 aliphatic heterocycles. The second-order valence-electron chi connectivity index (χ2n) is 6.26. The number of carbonyl (C=O) groups is 1. The largest absolute Gasteiger partial charge is 0.385 e. The summed E-state index contributed by atoms with van der Waals surface area (Å²) in [5.41, 5.74) is 8.03. The molecule has 0 unspecified atom stereocenters. The number of hydrogen-bond acceptors (Lipinski definition) is 3. The minimum Gasteiger partial charge on any atom is -0.385 e. The zero-order chi connectivity index (χ0) is 19.2. The van der Waals surface area contributed by atoms with Crippen molar-refractivity contribution in [3.63, 3.8) is 0 Å². The smallest absolute Gasteiger partial charge is 0.256 e. The molecule has 1 fully saturated rings. The summed E-state index contributed by atoms with van der Waals surface area (Å²) in [5.74, 6) is -0.386. The molecule has 3 N–H and O–H groups in total. The molecule has 5 heteroatoms. The number of nitrogens with one attached hydrogen (secondary N) is 1. The van der Waals surface area contributed by atoms with Crippen molar-refractivity contribution >= 4 is 23.2 Å². The first-order valence-electron chi connectivity index (χ1n) is 8.69. The van der Waals surface area contributed by atoms with Crippen molar-refractivity contribution in [2.45, 2.75) is 23.0 Å². The molecule has 2 aromatic rings. The summed E-state index contributed by atoms with van der Waals surface area (Å²) < 4.78 is 13.1. The maximum absolute atomic E-state index is 13.1. The normalized spacial score (nSPS) is 14.7. The molecular weight excluding hydrogens is 359 g/mol. The Hall–Kier alpha value is -2.79. The van der Waals surface area contributed by atoms with Crippen molar-refractivity contribution in [1.82, 2.24) is 5.32 Å². The molecule has 0 saturated heterocycles. The highest BCUT2D eigenvalue weighted by molar-refractivity contribution is 8.00. The third-order valence-electron chi connectivity index (χ3n) is 3.99. The van der Waals surface area contributed by atoms with Crippen LogP contribution in [0.2, 0.25) is 0 Å². The number of hydrogen-bond donors (Lipinski definition) is 2. The Morgan fingerprint density at radius 3 is 2.33 bits per heavy atom. The summed E-state index contributed by atoms with van der Waals surface area (Å²) in [4.78, 5) is 13.6. The van der Waals surface area contributed by atoms with E-state index >= 15 is 0 Å². The van der Waals surface area contributed by atoms with Gasteiger partial charge >= 0.3 is 0 Å². The SMILES string of the molecule is C=C/C=C(\C=C(/N)NC(=O)c1ccc(SC2CC2)cc1)c1ccc(F)cc1.